The zero-order chi connectivity index (χ0) is 18.1. The lowest BCUT2D eigenvalue weighted by molar-refractivity contribution is -0.0296. The van der Waals surface area contributed by atoms with E-state index >= 15 is 0 Å². The first-order valence-corrected chi connectivity index (χ1v) is 9.82. The van der Waals surface area contributed by atoms with Gasteiger partial charge in [-0.1, -0.05) is 13.8 Å². The van der Waals surface area contributed by atoms with Crippen LogP contribution in [0.25, 0.3) is 0 Å². The van der Waals surface area contributed by atoms with Crippen molar-refractivity contribution in [2.24, 2.45) is 12.5 Å². The van der Waals surface area contributed by atoms with Crippen molar-refractivity contribution < 1.29 is 4.74 Å². The summed E-state index contributed by atoms with van der Waals surface area (Å²) in [6, 6.07) is 0. The highest BCUT2D eigenvalue weighted by Gasteiger charge is 2.46. The van der Waals surface area contributed by atoms with Crippen molar-refractivity contribution in [3.05, 3.63) is 17.5 Å². The molecule has 0 amide bonds. The minimum Gasteiger partial charge on any atom is -0.374 e. The third kappa shape index (κ3) is 4.44. The largest absolute Gasteiger partial charge is 0.374 e. The standard InChI is InChI=1S/C20H36N4O/c1-19(2)14-20(25-15-19)8-6-16(7-9-20)18-17(13-24(5)22-18)12-23(4)11-10-21-3/h13,16,21H,6-12,14-15H2,1-5H3/t16-,20-. The van der Waals surface area contributed by atoms with Crippen LogP contribution < -0.4 is 5.32 Å². The molecule has 3 rings (SSSR count). The lowest BCUT2D eigenvalue weighted by Gasteiger charge is -2.37. The summed E-state index contributed by atoms with van der Waals surface area (Å²) in [7, 11) is 6.25. The summed E-state index contributed by atoms with van der Waals surface area (Å²) < 4.78 is 8.28. The number of rotatable bonds is 6. The molecule has 0 aromatic carbocycles. The minimum atomic E-state index is 0.151. The molecule has 25 heavy (non-hydrogen) atoms. The lowest BCUT2D eigenvalue weighted by atomic mass is 9.72. The van der Waals surface area contributed by atoms with Crippen molar-refractivity contribution in [1.82, 2.24) is 20.0 Å². The molecule has 1 aromatic rings. The number of hydrogen-bond acceptors (Lipinski definition) is 4. The van der Waals surface area contributed by atoms with E-state index in [-0.39, 0.29) is 5.60 Å². The summed E-state index contributed by atoms with van der Waals surface area (Å²) >= 11 is 0. The molecular weight excluding hydrogens is 312 g/mol. The average molecular weight is 349 g/mol. The second kappa shape index (κ2) is 7.37. The number of likely N-dealkylation sites (N-methyl/N-ethyl adjacent to an activating group) is 2. The molecule has 0 unspecified atom stereocenters. The molecule has 2 fully saturated rings. The first-order chi connectivity index (χ1) is 11.8. The van der Waals surface area contributed by atoms with Crippen LogP contribution >= 0.6 is 0 Å². The van der Waals surface area contributed by atoms with Crippen LogP contribution in [0.2, 0.25) is 0 Å². The van der Waals surface area contributed by atoms with Crippen molar-refractivity contribution in [2.75, 3.05) is 33.8 Å². The van der Waals surface area contributed by atoms with Crippen LogP contribution in [0.5, 0.6) is 0 Å². The maximum Gasteiger partial charge on any atom is 0.0700 e. The third-order valence-electron chi connectivity index (χ3n) is 5.97. The van der Waals surface area contributed by atoms with Crippen molar-refractivity contribution in [3.8, 4) is 0 Å². The number of hydrogen-bond donors (Lipinski definition) is 1. The van der Waals surface area contributed by atoms with E-state index in [1.165, 1.54) is 43.4 Å². The number of aromatic nitrogens is 2. The second-order valence-electron chi connectivity index (χ2n) is 9.14. The van der Waals surface area contributed by atoms with Crippen LogP contribution in [0.4, 0.5) is 0 Å². The van der Waals surface area contributed by atoms with Gasteiger partial charge in [0, 0.05) is 44.4 Å². The monoisotopic (exact) mass is 348 g/mol. The zero-order valence-electron chi connectivity index (χ0n) is 16.8. The van der Waals surface area contributed by atoms with Gasteiger partial charge in [0.1, 0.15) is 0 Å². The normalized spacial score (nSPS) is 29.0. The fourth-order valence-corrected chi connectivity index (χ4v) is 4.75. The Labute approximate surface area is 153 Å². The van der Waals surface area contributed by atoms with Gasteiger partial charge in [0.15, 0.2) is 0 Å². The first kappa shape index (κ1) is 18.9. The van der Waals surface area contributed by atoms with Gasteiger partial charge in [-0.25, -0.2) is 0 Å². The van der Waals surface area contributed by atoms with E-state index in [1.807, 2.05) is 18.8 Å². The van der Waals surface area contributed by atoms with Crippen LogP contribution in [0, 0.1) is 5.41 Å². The summed E-state index contributed by atoms with van der Waals surface area (Å²) in [5, 5.41) is 8.07. The van der Waals surface area contributed by atoms with E-state index in [0.29, 0.717) is 11.3 Å². The molecule has 1 aromatic heterocycles. The fraction of sp³-hybridized carbons (Fsp3) is 0.850. The molecule has 1 saturated heterocycles. The van der Waals surface area contributed by atoms with Crippen molar-refractivity contribution in [2.45, 2.75) is 64.0 Å². The van der Waals surface area contributed by atoms with Gasteiger partial charge in [0.25, 0.3) is 0 Å². The van der Waals surface area contributed by atoms with Crippen LogP contribution in [0.15, 0.2) is 6.20 Å². The highest BCUT2D eigenvalue weighted by molar-refractivity contribution is 5.22. The average Bonchev–Trinajstić information content (AvgIpc) is 3.06. The molecule has 0 atom stereocenters. The Morgan fingerprint density at radius 3 is 2.68 bits per heavy atom. The fourth-order valence-electron chi connectivity index (χ4n) is 4.75. The third-order valence-corrected chi connectivity index (χ3v) is 5.97. The molecule has 1 N–H and O–H groups in total. The van der Waals surface area contributed by atoms with Gasteiger partial charge >= 0.3 is 0 Å². The molecule has 142 valence electrons. The van der Waals surface area contributed by atoms with Crippen LogP contribution in [-0.2, 0) is 18.3 Å². The van der Waals surface area contributed by atoms with Crippen molar-refractivity contribution >= 4 is 0 Å². The van der Waals surface area contributed by atoms with E-state index in [0.717, 1.165) is 26.2 Å². The van der Waals surface area contributed by atoms with Crippen molar-refractivity contribution in [1.29, 1.82) is 0 Å². The predicted molar refractivity (Wildman–Crippen MR) is 102 cm³/mol. The zero-order valence-corrected chi connectivity index (χ0v) is 16.8. The predicted octanol–water partition coefficient (Wildman–Crippen LogP) is 2.91. The number of nitrogens with one attached hydrogen (secondary N) is 1. The minimum absolute atomic E-state index is 0.151. The van der Waals surface area contributed by atoms with E-state index in [1.54, 1.807) is 0 Å². The maximum absolute atomic E-state index is 6.28. The molecule has 1 saturated carbocycles. The molecule has 1 aliphatic heterocycles. The summed E-state index contributed by atoms with van der Waals surface area (Å²) in [6.07, 6.45) is 8.22. The topological polar surface area (TPSA) is 42.3 Å². The smallest absolute Gasteiger partial charge is 0.0700 e. The number of ether oxygens (including phenoxy) is 1. The van der Waals surface area contributed by atoms with E-state index < -0.39 is 0 Å². The summed E-state index contributed by atoms with van der Waals surface area (Å²) in [4.78, 5) is 2.38. The quantitative estimate of drug-likeness (QED) is 0.858. The van der Waals surface area contributed by atoms with Gasteiger partial charge in [0.05, 0.1) is 17.9 Å². The Balaban J connectivity index is 1.63. The Kier molecular flexibility index (Phi) is 5.57. The Bertz CT molecular complexity index is 572. The Morgan fingerprint density at radius 2 is 2.08 bits per heavy atom. The summed E-state index contributed by atoms with van der Waals surface area (Å²) in [5.41, 5.74) is 3.22. The Morgan fingerprint density at radius 1 is 1.36 bits per heavy atom. The maximum atomic E-state index is 6.28. The summed E-state index contributed by atoms with van der Waals surface area (Å²) in [6.45, 7) is 8.66. The number of nitrogens with zero attached hydrogens (tertiary/aromatic N) is 3. The van der Waals surface area contributed by atoms with Crippen LogP contribution in [-0.4, -0.2) is 54.1 Å². The molecule has 1 aliphatic carbocycles. The van der Waals surface area contributed by atoms with Gasteiger partial charge in [-0.05, 0) is 51.6 Å². The van der Waals surface area contributed by atoms with E-state index in [2.05, 4.69) is 37.3 Å². The number of aryl methyl sites for hydroxylation is 1. The molecule has 2 heterocycles. The lowest BCUT2D eigenvalue weighted by Crippen LogP contribution is -2.34. The first-order valence-electron chi connectivity index (χ1n) is 9.82. The molecule has 1 spiro atoms. The van der Waals surface area contributed by atoms with Crippen LogP contribution in [0.3, 0.4) is 0 Å². The molecule has 0 bridgehead atoms. The van der Waals surface area contributed by atoms with E-state index in [4.69, 9.17) is 9.84 Å². The summed E-state index contributed by atoms with van der Waals surface area (Å²) in [5.74, 6) is 0.590. The van der Waals surface area contributed by atoms with Gasteiger partial charge in [-0.15, -0.1) is 0 Å². The molecule has 0 radical (unpaired) electrons. The molecular formula is C20H36N4O. The molecule has 2 aliphatic rings. The van der Waals surface area contributed by atoms with Crippen LogP contribution in [0.1, 0.15) is 63.1 Å². The van der Waals surface area contributed by atoms with Crippen molar-refractivity contribution in [3.63, 3.8) is 0 Å². The van der Waals surface area contributed by atoms with Gasteiger partial charge in [0.2, 0.25) is 0 Å². The second-order valence-corrected chi connectivity index (χ2v) is 9.14. The molecule has 5 nitrogen and oxygen atoms in total. The molecule has 5 heteroatoms. The highest BCUT2D eigenvalue weighted by Crippen LogP contribution is 2.49. The highest BCUT2D eigenvalue weighted by atomic mass is 16.5. The van der Waals surface area contributed by atoms with E-state index in [9.17, 15) is 0 Å². The van der Waals surface area contributed by atoms with Gasteiger partial charge in [-0.3, -0.25) is 4.68 Å². The Hall–Kier alpha value is -0.910. The van der Waals surface area contributed by atoms with Gasteiger partial charge in [-0.2, -0.15) is 5.10 Å². The SMILES string of the molecule is CNCCN(C)Cc1cn(C)nc1[C@H]1CC[C@]2(CC1)CC(C)(C)CO2. The van der Waals surface area contributed by atoms with Gasteiger partial charge < -0.3 is 15.0 Å².